The molecule has 0 heterocycles. The fourth-order valence-electron chi connectivity index (χ4n) is 3.81. The first-order valence-corrected chi connectivity index (χ1v) is 9.73. The maximum atomic E-state index is 11.7. The smallest absolute Gasteiger partial charge is 0.240 e. The summed E-state index contributed by atoms with van der Waals surface area (Å²) in [4.78, 5) is 0.295. The number of aliphatic hydroxyl groups excluding tert-OH is 1. The topological polar surface area (TPSA) is 66.4 Å². The zero-order chi connectivity index (χ0) is 15.7. The molecule has 2 aliphatic rings. The van der Waals surface area contributed by atoms with E-state index < -0.39 is 10.0 Å². The molecule has 1 aromatic rings. The Balaban J connectivity index is 1.64. The molecule has 0 radical (unpaired) electrons. The zero-order valence-electron chi connectivity index (χ0n) is 13.0. The van der Waals surface area contributed by atoms with Crippen LogP contribution in [0.4, 0.5) is 0 Å². The molecule has 0 spiro atoms. The predicted octanol–water partition coefficient (Wildman–Crippen LogP) is 2.64. The Morgan fingerprint density at radius 1 is 1.14 bits per heavy atom. The quantitative estimate of drug-likeness (QED) is 0.875. The van der Waals surface area contributed by atoms with E-state index in [2.05, 4.69) is 4.72 Å². The molecule has 122 valence electrons. The molecule has 3 atom stereocenters. The van der Waals surface area contributed by atoms with E-state index in [1.165, 1.54) is 26.3 Å². The average molecular weight is 323 g/mol. The lowest BCUT2D eigenvalue weighted by Gasteiger charge is -2.26. The Morgan fingerprint density at radius 2 is 1.77 bits per heavy atom. The van der Waals surface area contributed by atoms with E-state index in [0.717, 1.165) is 24.8 Å². The summed E-state index contributed by atoms with van der Waals surface area (Å²) in [5, 5.41) is 10.6. The van der Waals surface area contributed by atoms with Crippen molar-refractivity contribution in [3.05, 3.63) is 29.8 Å². The summed E-state index contributed by atoms with van der Waals surface area (Å²) in [5.74, 6) is 1.21. The van der Waals surface area contributed by atoms with Crippen molar-refractivity contribution in [1.29, 1.82) is 0 Å². The molecule has 0 bridgehead atoms. The fourth-order valence-corrected chi connectivity index (χ4v) is 4.54. The first-order valence-electron chi connectivity index (χ1n) is 8.24. The minimum atomic E-state index is -3.37. The first-order chi connectivity index (χ1) is 10.5. The number of nitrogens with one attached hydrogen (secondary N) is 1. The minimum Gasteiger partial charge on any atom is -0.393 e. The third kappa shape index (κ3) is 3.21. The van der Waals surface area contributed by atoms with Crippen LogP contribution in [0.5, 0.6) is 0 Å². The molecule has 2 aliphatic carbocycles. The van der Waals surface area contributed by atoms with Gasteiger partial charge < -0.3 is 5.11 Å². The van der Waals surface area contributed by atoms with Crippen LogP contribution in [0.2, 0.25) is 0 Å². The molecule has 4 nitrogen and oxygen atoms in total. The Kier molecular flexibility index (Phi) is 4.57. The molecule has 3 rings (SSSR count). The highest BCUT2D eigenvalue weighted by atomic mass is 32.2. The normalized spacial score (nSPS) is 27.5. The summed E-state index contributed by atoms with van der Waals surface area (Å²) in [7, 11) is -1.95. The molecule has 2 saturated carbocycles. The number of rotatable bonds is 5. The highest BCUT2D eigenvalue weighted by molar-refractivity contribution is 7.89. The third-order valence-electron chi connectivity index (χ3n) is 5.30. The first kappa shape index (κ1) is 16.0. The van der Waals surface area contributed by atoms with Crippen molar-refractivity contribution in [2.45, 2.75) is 55.4 Å². The third-order valence-corrected chi connectivity index (χ3v) is 6.73. The zero-order valence-corrected chi connectivity index (χ0v) is 13.8. The highest BCUT2D eigenvalue weighted by Gasteiger charge is 2.45. The molecule has 0 aromatic heterocycles. The number of aliphatic hydroxyl groups is 1. The van der Waals surface area contributed by atoms with E-state index in [4.69, 9.17) is 0 Å². The van der Waals surface area contributed by atoms with Crippen molar-refractivity contribution >= 4 is 10.0 Å². The van der Waals surface area contributed by atoms with Gasteiger partial charge in [-0.2, -0.15) is 0 Å². The largest absolute Gasteiger partial charge is 0.393 e. The molecule has 0 amide bonds. The second kappa shape index (κ2) is 6.30. The monoisotopic (exact) mass is 323 g/mol. The number of benzene rings is 1. The van der Waals surface area contributed by atoms with Gasteiger partial charge in [-0.05, 0) is 61.8 Å². The fraction of sp³-hybridized carbons (Fsp3) is 0.647. The van der Waals surface area contributed by atoms with E-state index in [-0.39, 0.29) is 6.10 Å². The average Bonchev–Trinajstić information content (AvgIpc) is 3.36. The van der Waals surface area contributed by atoms with Crippen LogP contribution in [0.15, 0.2) is 29.2 Å². The summed E-state index contributed by atoms with van der Waals surface area (Å²) in [6, 6.07) is 7.10. The van der Waals surface area contributed by atoms with E-state index >= 15 is 0 Å². The SMILES string of the molecule is CNS(=O)(=O)c1ccc(C2CC2C(O)C2CCCCC2)cc1. The summed E-state index contributed by atoms with van der Waals surface area (Å²) in [5.41, 5.74) is 1.15. The summed E-state index contributed by atoms with van der Waals surface area (Å²) in [6.07, 6.45) is 6.94. The van der Waals surface area contributed by atoms with Gasteiger partial charge in [0.15, 0.2) is 0 Å². The molecule has 3 unspecified atom stereocenters. The Hall–Kier alpha value is -0.910. The summed E-state index contributed by atoms with van der Waals surface area (Å²) < 4.78 is 25.8. The van der Waals surface area contributed by atoms with Crippen LogP contribution in [0.1, 0.15) is 50.0 Å². The van der Waals surface area contributed by atoms with Crippen LogP contribution >= 0.6 is 0 Å². The maximum Gasteiger partial charge on any atom is 0.240 e. The van der Waals surface area contributed by atoms with Crippen LogP contribution in [0.3, 0.4) is 0 Å². The van der Waals surface area contributed by atoms with E-state index in [0.29, 0.717) is 22.6 Å². The Labute approximate surface area is 133 Å². The van der Waals surface area contributed by atoms with Crippen molar-refractivity contribution < 1.29 is 13.5 Å². The Bertz CT molecular complexity index is 605. The van der Waals surface area contributed by atoms with Gasteiger partial charge in [0, 0.05) is 0 Å². The van der Waals surface area contributed by atoms with Gasteiger partial charge in [0.05, 0.1) is 11.0 Å². The highest BCUT2D eigenvalue weighted by Crippen LogP contribution is 2.52. The lowest BCUT2D eigenvalue weighted by atomic mass is 9.83. The predicted molar refractivity (Wildman–Crippen MR) is 86.1 cm³/mol. The lowest BCUT2D eigenvalue weighted by molar-refractivity contribution is 0.0642. The number of sulfonamides is 1. The van der Waals surface area contributed by atoms with Crippen molar-refractivity contribution in [2.24, 2.45) is 11.8 Å². The van der Waals surface area contributed by atoms with Gasteiger partial charge >= 0.3 is 0 Å². The van der Waals surface area contributed by atoms with Crippen molar-refractivity contribution in [2.75, 3.05) is 7.05 Å². The molecule has 2 fully saturated rings. The van der Waals surface area contributed by atoms with Gasteiger partial charge in [0.2, 0.25) is 10.0 Å². The molecule has 0 aliphatic heterocycles. The molecule has 22 heavy (non-hydrogen) atoms. The van der Waals surface area contributed by atoms with Crippen LogP contribution < -0.4 is 4.72 Å². The Morgan fingerprint density at radius 3 is 2.36 bits per heavy atom. The van der Waals surface area contributed by atoms with Gasteiger partial charge in [0.1, 0.15) is 0 Å². The summed E-state index contributed by atoms with van der Waals surface area (Å²) >= 11 is 0. The van der Waals surface area contributed by atoms with E-state index in [9.17, 15) is 13.5 Å². The maximum absolute atomic E-state index is 11.7. The van der Waals surface area contributed by atoms with Gasteiger partial charge in [-0.15, -0.1) is 0 Å². The molecular weight excluding hydrogens is 298 g/mol. The second-order valence-electron chi connectivity index (χ2n) is 6.67. The number of hydrogen-bond acceptors (Lipinski definition) is 3. The van der Waals surface area contributed by atoms with Crippen LogP contribution in [0, 0.1) is 11.8 Å². The van der Waals surface area contributed by atoms with Crippen LogP contribution in [-0.2, 0) is 10.0 Å². The minimum absolute atomic E-state index is 0.189. The van der Waals surface area contributed by atoms with Gasteiger partial charge in [0.25, 0.3) is 0 Å². The van der Waals surface area contributed by atoms with E-state index in [1.807, 2.05) is 12.1 Å². The van der Waals surface area contributed by atoms with Gasteiger partial charge in [-0.25, -0.2) is 13.1 Å². The standard InChI is InChI=1S/C17H25NO3S/c1-18-22(20,21)14-9-7-12(8-10-14)15-11-16(15)17(19)13-5-3-2-4-6-13/h7-10,13,15-19H,2-6,11H2,1H3. The second-order valence-corrected chi connectivity index (χ2v) is 8.56. The van der Waals surface area contributed by atoms with Gasteiger partial charge in [-0.1, -0.05) is 31.4 Å². The van der Waals surface area contributed by atoms with Crippen LogP contribution in [0.25, 0.3) is 0 Å². The number of hydrogen-bond donors (Lipinski definition) is 2. The van der Waals surface area contributed by atoms with Crippen molar-refractivity contribution in [3.63, 3.8) is 0 Å². The molecular formula is C17H25NO3S. The van der Waals surface area contributed by atoms with Crippen LogP contribution in [-0.4, -0.2) is 26.7 Å². The van der Waals surface area contributed by atoms with Crippen molar-refractivity contribution in [1.82, 2.24) is 4.72 Å². The van der Waals surface area contributed by atoms with Gasteiger partial charge in [-0.3, -0.25) is 0 Å². The molecule has 0 saturated heterocycles. The molecule has 1 aromatic carbocycles. The van der Waals surface area contributed by atoms with E-state index in [1.54, 1.807) is 12.1 Å². The van der Waals surface area contributed by atoms with Crippen molar-refractivity contribution in [3.8, 4) is 0 Å². The summed E-state index contributed by atoms with van der Waals surface area (Å²) in [6.45, 7) is 0. The molecule has 5 heteroatoms. The lowest BCUT2D eigenvalue weighted by Crippen LogP contribution is -2.25. The molecule has 2 N–H and O–H groups in total.